The number of hydrogen-bond donors (Lipinski definition) is 1. The summed E-state index contributed by atoms with van der Waals surface area (Å²) in [6.45, 7) is 5.15. The third-order valence-corrected chi connectivity index (χ3v) is 6.17. The third kappa shape index (κ3) is 4.98. The molecule has 2 heterocycles. The zero-order valence-corrected chi connectivity index (χ0v) is 18.2. The molecule has 6 nitrogen and oxygen atoms in total. The molecule has 3 aromatic rings. The molecule has 1 amide bonds. The second kappa shape index (κ2) is 9.55. The first kappa shape index (κ1) is 20.8. The summed E-state index contributed by atoms with van der Waals surface area (Å²) in [4.78, 5) is 19.4. The fourth-order valence-electron chi connectivity index (χ4n) is 3.23. The monoisotopic (exact) mass is 442 g/mol. The van der Waals surface area contributed by atoms with Crippen LogP contribution in [-0.4, -0.2) is 47.0 Å². The van der Waals surface area contributed by atoms with Crippen LogP contribution < -0.4 is 10.2 Å². The van der Waals surface area contributed by atoms with Crippen molar-refractivity contribution in [1.82, 2.24) is 9.55 Å². The number of benzene rings is 2. The molecule has 0 radical (unpaired) electrons. The van der Waals surface area contributed by atoms with Gasteiger partial charge in [-0.15, -0.1) is 0 Å². The molecule has 4 rings (SSSR count). The fraction of sp³-hybridized carbons (Fsp3) is 0.273. The lowest BCUT2D eigenvalue weighted by Crippen LogP contribution is -2.36. The molecular formula is C22H23ClN4O2S. The first-order valence-corrected chi connectivity index (χ1v) is 11.1. The van der Waals surface area contributed by atoms with Gasteiger partial charge < -0.3 is 15.0 Å². The van der Waals surface area contributed by atoms with Crippen LogP contribution in [0.4, 0.5) is 11.4 Å². The largest absolute Gasteiger partial charge is 0.378 e. The van der Waals surface area contributed by atoms with E-state index in [1.54, 1.807) is 6.20 Å². The molecular weight excluding hydrogens is 420 g/mol. The molecule has 0 spiro atoms. The van der Waals surface area contributed by atoms with Gasteiger partial charge in [0.1, 0.15) is 0 Å². The SMILES string of the molecule is C[C@@H](Sc1nccn1-c1cccc(Cl)c1)C(=O)Nc1ccc(N2CCOCC2)cc1. The number of amides is 1. The fourth-order valence-corrected chi connectivity index (χ4v) is 4.30. The van der Waals surface area contributed by atoms with Gasteiger partial charge in [0.05, 0.1) is 18.5 Å². The van der Waals surface area contributed by atoms with Gasteiger partial charge in [-0.3, -0.25) is 9.36 Å². The number of rotatable bonds is 6. The first-order chi connectivity index (χ1) is 14.6. The highest BCUT2D eigenvalue weighted by molar-refractivity contribution is 8.00. The molecule has 156 valence electrons. The zero-order chi connectivity index (χ0) is 20.9. The summed E-state index contributed by atoms with van der Waals surface area (Å²) >= 11 is 7.51. The smallest absolute Gasteiger partial charge is 0.237 e. The van der Waals surface area contributed by atoms with Crippen molar-refractivity contribution >= 4 is 40.6 Å². The number of morpholine rings is 1. The Bertz CT molecular complexity index is 1000. The minimum atomic E-state index is -0.316. The number of carbonyl (C=O) groups is 1. The van der Waals surface area contributed by atoms with Crippen LogP contribution in [0.2, 0.25) is 5.02 Å². The second-order valence-electron chi connectivity index (χ2n) is 6.96. The number of halogens is 1. The molecule has 1 N–H and O–H groups in total. The molecule has 1 aromatic heterocycles. The molecule has 0 unspecified atom stereocenters. The normalized spacial score (nSPS) is 15.1. The molecule has 30 heavy (non-hydrogen) atoms. The maximum Gasteiger partial charge on any atom is 0.237 e. The predicted molar refractivity (Wildman–Crippen MR) is 122 cm³/mol. The Labute approximate surface area is 185 Å². The van der Waals surface area contributed by atoms with Gasteiger partial charge in [-0.25, -0.2) is 4.98 Å². The standard InChI is InChI=1S/C22H23ClN4O2S/c1-16(30-22-24-9-10-27(22)20-4-2-3-17(23)15-20)21(28)25-18-5-7-19(8-6-18)26-11-13-29-14-12-26/h2-10,15-16H,11-14H2,1H3,(H,25,28)/t16-/m1/s1. The lowest BCUT2D eigenvalue weighted by atomic mass is 10.2. The topological polar surface area (TPSA) is 59.4 Å². The molecule has 2 aromatic carbocycles. The molecule has 1 aliphatic rings. The Hall–Kier alpha value is -2.48. The number of hydrogen-bond acceptors (Lipinski definition) is 5. The van der Waals surface area contributed by atoms with Crippen LogP contribution in [0.5, 0.6) is 0 Å². The van der Waals surface area contributed by atoms with Gasteiger partial charge >= 0.3 is 0 Å². The van der Waals surface area contributed by atoms with Crippen molar-refractivity contribution in [3.63, 3.8) is 0 Å². The molecule has 8 heteroatoms. The molecule has 1 fully saturated rings. The van der Waals surface area contributed by atoms with Gasteiger partial charge in [-0.05, 0) is 49.4 Å². The van der Waals surface area contributed by atoms with E-state index in [0.29, 0.717) is 5.02 Å². The Kier molecular flexibility index (Phi) is 6.62. The lowest BCUT2D eigenvalue weighted by Gasteiger charge is -2.28. The molecule has 1 aliphatic heterocycles. The Morgan fingerprint density at radius 1 is 1.17 bits per heavy atom. The number of ether oxygens (including phenoxy) is 1. The van der Waals surface area contributed by atoms with Crippen LogP contribution in [0.25, 0.3) is 5.69 Å². The van der Waals surface area contributed by atoms with Gasteiger partial charge in [-0.2, -0.15) is 0 Å². The minimum Gasteiger partial charge on any atom is -0.378 e. The molecule has 0 saturated carbocycles. The predicted octanol–water partition coefficient (Wildman–Crippen LogP) is 4.48. The highest BCUT2D eigenvalue weighted by atomic mass is 35.5. The summed E-state index contributed by atoms with van der Waals surface area (Å²) in [5, 5.41) is 4.07. The van der Waals surface area contributed by atoms with Crippen molar-refractivity contribution in [2.24, 2.45) is 0 Å². The lowest BCUT2D eigenvalue weighted by molar-refractivity contribution is -0.115. The maximum absolute atomic E-state index is 12.7. The number of thioether (sulfide) groups is 1. The van der Waals surface area contributed by atoms with E-state index < -0.39 is 0 Å². The zero-order valence-electron chi connectivity index (χ0n) is 16.6. The number of imidazole rings is 1. The van der Waals surface area contributed by atoms with Crippen molar-refractivity contribution in [2.75, 3.05) is 36.5 Å². The quantitative estimate of drug-likeness (QED) is 0.570. The van der Waals surface area contributed by atoms with Gasteiger partial charge in [0.15, 0.2) is 5.16 Å². The van der Waals surface area contributed by atoms with Crippen LogP contribution in [0.3, 0.4) is 0 Å². The Morgan fingerprint density at radius 3 is 2.67 bits per heavy atom. The van der Waals surface area contributed by atoms with Gasteiger partial charge in [0.25, 0.3) is 0 Å². The highest BCUT2D eigenvalue weighted by Gasteiger charge is 2.18. The van der Waals surface area contributed by atoms with Crippen LogP contribution >= 0.6 is 23.4 Å². The number of aromatic nitrogens is 2. The average molecular weight is 443 g/mol. The highest BCUT2D eigenvalue weighted by Crippen LogP contribution is 2.27. The first-order valence-electron chi connectivity index (χ1n) is 9.80. The van der Waals surface area contributed by atoms with Crippen LogP contribution in [-0.2, 0) is 9.53 Å². The summed E-state index contributed by atoms with van der Waals surface area (Å²) in [5.74, 6) is -0.0697. The summed E-state index contributed by atoms with van der Waals surface area (Å²) in [5.41, 5.74) is 2.83. The van der Waals surface area contributed by atoms with Gasteiger partial charge in [0, 0.05) is 47.6 Å². The van der Waals surface area contributed by atoms with E-state index >= 15 is 0 Å². The van der Waals surface area contributed by atoms with E-state index in [0.717, 1.165) is 48.5 Å². The van der Waals surface area contributed by atoms with Crippen molar-refractivity contribution in [1.29, 1.82) is 0 Å². The minimum absolute atomic E-state index is 0.0697. The van der Waals surface area contributed by atoms with Crippen molar-refractivity contribution in [3.05, 3.63) is 65.9 Å². The summed E-state index contributed by atoms with van der Waals surface area (Å²) in [7, 11) is 0. The summed E-state index contributed by atoms with van der Waals surface area (Å²) in [6.07, 6.45) is 3.58. The van der Waals surface area contributed by atoms with Gasteiger partial charge in [-0.1, -0.05) is 29.4 Å². The van der Waals surface area contributed by atoms with Gasteiger partial charge in [0.2, 0.25) is 5.91 Å². The Balaban J connectivity index is 1.38. The average Bonchev–Trinajstić information content (AvgIpc) is 3.23. The number of carbonyl (C=O) groups excluding carboxylic acids is 1. The summed E-state index contributed by atoms with van der Waals surface area (Å²) < 4.78 is 7.32. The number of nitrogens with one attached hydrogen (secondary N) is 1. The van der Waals surface area contributed by atoms with E-state index in [-0.39, 0.29) is 11.2 Å². The van der Waals surface area contributed by atoms with Crippen molar-refractivity contribution < 1.29 is 9.53 Å². The maximum atomic E-state index is 12.7. The van der Waals surface area contributed by atoms with Crippen LogP contribution in [0.1, 0.15) is 6.92 Å². The molecule has 1 saturated heterocycles. The summed E-state index contributed by atoms with van der Waals surface area (Å²) in [6, 6.07) is 15.5. The number of nitrogens with zero attached hydrogens (tertiary/aromatic N) is 3. The van der Waals surface area contributed by atoms with Crippen LogP contribution in [0.15, 0.2) is 66.1 Å². The third-order valence-electron chi connectivity index (χ3n) is 4.86. The van der Waals surface area contributed by atoms with Crippen molar-refractivity contribution in [3.8, 4) is 5.69 Å². The molecule has 0 aliphatic carbocycles. The molecule has 1 atom stereocenters. The van der Waals surface area contributed by atoms with E-state index in [9.17, 15) is 4.79 Å². The Morgan fingerprint density at radius 2 is 1.93 bits per heavy atom. The second-order valence-corrected chi connectivity index (χ2v) is 8.70. The van der Waals surface area contributed by atoms with E-state index in [1.807, 2.05) is 66.2 Å². The van der Waals surface area contributed by atoms with E-state index in [4.69, 9.17) is 16.3 Å². The van der Waals surface area contributed by atoms with Crippen molar-refractivity contribution in [2.45, 2.75) is 17.3 Å². The molecule has 0 bridgehead atoms. The van der Waals surface area contributed by atoms with Crippen LogP contribution in [0, 0.1) is 0 Å². The number of anilines is 2. The van der Waals surface area contributed by atoms with E-state index in [1.165, 1.54) is 11.8 Å². The van der Waals surface area contributed by atoms with E-state index in [2.05, 4.69) is 15.2 Å².